The molecule has 5 heteroatoms. The zero-order valence-electron chi connectivity index (χ0n) is 13.2. The molecule has 23 heavy (non-hydrogen) atoms. The van der Waals surface area contributed by atoms with Gasteiger partial charge in [0.1, 0.15) is 23.2 Å². The molecule has 1 atom stereocenters. The number of ether oxygens (including phenoxy) is 1. The summed E-state index contributed by atoms with van der Waals surface area (Å²) in [5, 5.41) is 9.46. The Bertz CT molecular complexity index is 768. The fraction of sp³-hybridized carbons (Fsp3) is 0.278. The highest BCUT2D eigenvalue weighted by atomic mass is 16.5. The predicted molar refractivity (Wildman–Crippen MR) is 88.0 cm³/mol. The van der Waals surface area contributed by atoms with Gasteiger partial charge in [0, 0.05) is 30.4 Å². The Hall–Kier alpha value is -2.87. The highest BCUT2D eigenvalue weighted by molar-refractivity contribution is 5.60. The number of rotatable bonds is 4. The van der Waals surface area contributed by atoms with Crippen LogP contribution in [0.1, 0.15) is 31.1 Å². The van der Waals surface area contributed by atoms with E-state index in [1.807, 2.05) is 24.3 Å². The molecule has 2 N–H and O–H groups in total. The van der Waals surface area contributed by atoms with Crippen molar-refractivity contribution < 1.29 is 9.15 Å². The summed E-state index contributed by atoms with van der Waals surface area (Å²) < 4.78 is 11.2. The molecule has 2 heterocycles. The summed E-state index contributed by atoms with van der Waals surface area (Å²) in [5.74, 6) is 1.17. The molecule has 5 nitrogen and oxygen atoms in total. The van der Waals surface area contributed by atoms with E-state index in [0.717, 1.165) is 24.3 Å². The molecule has 3 rings (SSSR count). The first kappa shape index (κ1) is 15.0. The maximum Gasteiger partial charge on any atom is 0.205 e. The van der Waals surface area contributed by atoms with Crippen molar-refractivity contribution in [3.05, 3.63) is 59.4 Å². The molecule has 0 saturated carbocycles. The molecular formula is C18H19N3O2. The molecule has 1 aromatic heterocycles. The van der Waals surface area contributed by atoms with Gasteiger partial charge in [0.15, 0.2) is 0 Å². The number of nitrogens with two attached hydrogens (primary N) is 1. The second kappa shape index (κ2) is 6.09. The third kappa shape index (κ3) is 2.53. The quantitative estimate of drug-likeness (QED) is 0.937. The molecular weight excluding hydrogens is 290 g/mol. The lowest BCUT2D eigenvalue weighted by atomic mass is 9.87. The van der Waals surface area contributed by atoms with Crippen LogP contribution in [-0.4, -0.2) is 13.1 Å². The number of fused-ring (bicyclic) bond motifs is 1. The van der Waals surface area contributed by atoms with Crippen molar-refractivity contribution in [2.45, 2.75) is 19.8 Å². The first-order valence-electron chi connectivity index (χ1n) is 7.69. The maximum absolute atomic E-state index is 9.46. The normalized spacial score (nSPS) is 16.5. The lowest BCUT2D eigenvalue weighted by Crippen LogP contribution is -2.24. The van der Waals surface area contributed by atoms with Gasteiger partial charge in [0.25, 0.3) is 0 Å². The third-order valence-electron chi connectivity index (χ3n) is 4.16. The van der Waals surface area contributed by atoms with E-state index in [1.165, 1.54) is 0 Å². The van der Waals surface area contributed by atoms with Crippen LogP contribution in [-0.2, 0) is 0 Å². The van der Waals surface area contributed by atoms with Crippen molar-refractivity contribution in [2.24, 2.45) is 5.73 Å². The zero-order chi connectivity index (χ0) is 16.4. The minimum absolute atomic E-state index is 0.137. The van der Waals surface area contributed by atoms with Gasteiger partial charge >= 0.3 is 0 Å². The fourth-order valence-electron chi connectivity index (χ4n) is 2.98. The van der Waals surface area contributed by atoms with Crippen LogP contribution in [0.2, 0.25) is 0 Å². The van der Waals surface area contributed by atoms with E-state index in [0.29, 0.717) is 17.1 Å². The van der Waals surface area contributed by atoms with Crippen molar-refractivity contribution in [1.82, 2.24) is 0 Å². The van der Waals surface area contributed by atoms with Crippen LogP contribution in [0.4, 0.5) is 5.69 Å². The minimum Gasteiger partial charge on any atom is -0.468 e. The molecule has 0 saturated heterocycles. The third-order valence-corrected chi connectivity index (χ3v) is 4.16. The predicted octanol–water partition coefficient (Wildman–Crippen LogP) is 3.34. The number of nitriles is 1. The first-order valence-corrected chi connectivity index (χ1v) is 7.69. The standard InChI is InChI=1S/C18H19N3O2/c1-3-21(4-2)12-7-8-13-16(10-12)23-18(20)14(11-19)17(13)15-6-5-9-22-15/h5-10,17H,3-4,20H2,1-2H3. The van der Waals surface area contributed by atoms with Gasteiger partial charge in [-0.25, -0.2) is 0 Å². The van der Waals surface area contributed by atoms with Crippen molar-refractivity contribution in [3.63, 3.8) is 0 Å². The van der Waals surface area contributed by atoms with Gasteiger partial charge in [0.05, 0.1) is 12.2 Å². The number of anilines is 1. The molecule has 0 radical (unpaired) electrons. The molecule has 118 valence electrons. The van der Waals surface area contributed by atoms with E-state index in [-0.39, 0.29) is 11.8 Å². The zero-order valence-corrected chi connectivity index (χ0v) is 13.2. The Balaban J connectivity index is 2.11. The molecule has 1 aliphatic rings. The van der Waals surface area contributed by atoms with Crippen LogP contribution >= 0.6 is 0 Å². The SMILES string of the molecule is CCN(CC)c1ccc2c(c1)OC(N)=C(C#N)C2c1ccco1. The van der Waals surface area contributed by atoms with Crippen LogP contribution in [0, 0.1) is 11.3 Å². The van der Waals surface area contributed by atoms with Crippen molar-refractivity contribution >= 4 is 5.69 Å². The summed E-state index contributed by atoms with van der Waals surface area (Å²) >= 11 is 0. The molecule has 0 bridgehead atoms. The van der Waals surface area contributed by atoms with E-state index >= 15 is 0 Å². The summed E-state index contributed by atoms with van der Waals surface area (Å²) in [6.07, 6.45) is 1.60. The Kier molecular flexibility index (Phi) is 3.98. The highest BCUT2D eigenvalue weighted by Crippen LogP contribution is 2.43. The smallest absolute Gasteiger partial charge is 0.205 e. The number of benzene rings is 1. The molecule has 0 fully saturated rings. The largest absolute Gasteiger partial charge is 0.468 e. The Morgan fingerprint density at radius 1 is 1.26 bits per heavy atom. The number of nitrogens with zero attached hydrogens (tertiary/aromatic N) is 2. The van der Waals surface area contributed by atoms with Gasteiger partial charge in [-0.3, -0.25) is 0 Å². The van der Waals surface area contributed by atoms with E-state index in [1.54, 1.807) is 12.3 Å². The van der Waals surface area contributed by atoms with Gasteiger partial charge < -0.3 is 19.8 Å². The lowest BCUT2D eigenvalue weighted by molar-refractivity contribution is 0.384. The summed E-state index contributed by atoms with van der Waals surface area (Å²) in [5.41, 5.74) is 8.31. The van der Waals surface area contributed by atoms with Gasteiger partial charge in [-0.05, 0) is 32.0 Å². The second-order valence-electron chi connectivity index (χ2n) is 5.33. The molecule has 0 aliphatic carbocycles. The monoisotopic (exact) mass is 309 g/mol. The van der Waals surface area contributed by atoms with Crippen molar-refractivity contribution in [3.8, 4) is 11.8 Å². The van der Waals surface area contributed by atoms with Crippen LogP contribution < -0.4 is 15.4 Å². The molecule has 1 aliphatic heterocycles. The van der Waals surface area contributed by atoms with Crippen LogP contribution in [0.5, 0.6) is 5.75 Å². The van der Waals surface area contributed by atoms with Crippen LogP contribution in [0.3, 0.4) is 0 Å². The number of furan rings is 1. The molecule has 1 aromatic carbocycles. The fourth-order valence-corrected chi connectivity index (χ4v) is 2.98. The van der Waals surface area contributed by atoms with Crippen molar-refractivity contribution in [1.29, 1.82) is 5.26 Å². The minimum atomic E-state index is -0.329. The second-order valence-corrected chi connectivity index (χ2v) is 5.33. The van der Waals surface area contributed by atoms with Gasteiger partial charge in [-0.1, -0.05) is 6.07 Å². The van der Waals surface area contributed by atoms with Crippen molar-refractivity contribution in [2.75, 3.05) is 18.0 Å². The van der Waals surface area contributed by atoms with Gasteiger partial charge in [-0.15, -0.1) is 0 Å². The molecule has 0 amide bonds. The average Bonchev–Trinajstić information content (AvgIpc) is 3.08. The topological polar surface area (TPSA) is 75.4 Å². The Morgan fingerprint density at radius 2 is 2.04 bits per heavy atom. The summed E-state index contributed by atoms with van der Waals surface area (Å²) in [6.45, 7) is 6.03. The number of allylic oxidation sites excluding steroid dienone is 1. The van der Waals surface area contributed by atoms with Crippen LogP contribution in [0.25, 0.3) is 0 Å². The van der Waals surface area contributed by atoms with Crippen LogP contribution in [0.15, 0.2) is 52.5 Å². The number of hydrogen-bond acceptors (Lipinski definition) is 5. The molecule has 1 unspecified atom stereocenters. The lowest BCUT2D eigenvalue weighted by Gasteiger charge is -2.27. The highest BCUT2D eigenvalue weighted by Gasteiger charge is 2.32. The van der Waals surface area contributed by atoms with E-state index in [2.05, 4.69) is 24.8 Å². The van der Waals surface area contributed by atoms with E-state index in [9.17, 15) is 5.26 Å². The molecule has 0 spiro atoms. The summed E-state index contributed by atoms with van der Waals surface area (Å²) in [7, 11) is 0. The van der Waals surface area contributed by atoms with Gasteiger partial charge in [0.2, 0.25) is 5.88 Å². The Labute approximate surface area is 135 Å². The van der Waals surface area contributed by atoms with E-state index < -0.39 is 0 Å². The summed E-state index contributed by atoms with van der Waals surface area (Å²) in [4.78, 5) is 2.23. The number of hydrogen-bond donors (Lipinski definition) is 1. The maximum atomic E-state index is 9.46. The molecule has 2 aromatic rings. The average molecular weight is 309 g/mol. The van der Waals surface area contributed by atoms with E-state index in [4.69, 9.17) is 14.9 Å². The Morgan fingerprint density at radius 3 is 2.65 bits per heavy atom. The van der Waals surface area contributed by atoms with Gasteiger partial charge in [-0.2, -0.15) is 5.26 Å². The summed E-state index contributed by atoms with van der Waals surface area (Å²) in [6, 6.07) is 11.8. The first-order chi connectivity index (χ1) is 11.2.